The monoisotopic (exact) mass is 271 g/mol. The van der Waals surface area contributed by atoms with Crippen LogP contribution in [0.2, 0.25) is 5.02 Å². The first-order chi connectivity index (χ1) is 8.42. The predicted molar refractivity (Wildman–Crippen MR) is 75.4 cm³/mol. The number of nitrogens with one attached hydrogen (secondary N) is 1. The van der Waals surface area contributed by atoms with Gasteiger partial charge in [0.2, 0.25) is 0 Å². The van der Waals surface area contributed by atoms with Gasteiger partial charge in [-0.3, -0.25) is 0 Å². The minimum absolute atomic E-state index is 0.0447. The lowest BCUT2D eigenvalue weighted by atomic mass is 9.92. The Kier molecular flexibility index (Phi) is 5.45. The Hall–Kier alpha value is -0.770. The molecule has 18 heavy (non-hydrogen) atoms. The van der Waals surface area contributed by atoms with Crippen molar-refractivity contribution >= 4 is 11.6 Å². The number of aryl methyl sites for hydroxylation is 1. The van der Waals surface area contributed by atoms with Crippen LogP contribution in [0.3, 0.4) is 0 Å². The Bertz CT molecular complexity index is 407. The van der Waals surface area contributed by atoms with Gasteiger partial charge >= 0.3 is 0 Å². The minimum atomic E-state index is -0.651. The van der Waals surface area contributed by atoms with Crippen molar-refractivity contribution in [3.05, 3.63) is 28.3 Å². The van der Waals surface area contributed by atoms with E-state index in [9.17, 15) is 5.11 Å². The molecule has 0 spiro atoms. The second-order valence-electron chi connectivity index (χ2n) is 4.85. The van der Waals surface area contributed by atoms with E-state index in [1.807, 2.05) is 20.0 Å². The van der Waals surface area contributed by atoms with E-state index in [1.165, 1.54) is 0 Å². The zero-order valence-corrected chi connectivity index (χ0v) is 12.4. The summed E-state index contributed by atoms with van der Waals surface area (Å²) in [6, 6.07) is 3.56. The predicted octanol–water partition coefficient (Wildman–Crippen LogP) is 2.93. The molecule has 2 unspecified atom stereocenters. The highest BCUT2D eigenvalue weighted by atomic mass is 35.5. The van der Waals surface area contributed by atoms with Crippen LogP contribution in [-0.2, 0) is 0 Å². The van der Waals surface area contributed by atoms with Gasteiger partial charge in [0.15, 0.2) is 0 Å². The molecular weight excluding hydrogens is 250 g/mol. The molecule has 0 bridgehead atoms. The molecule has 0 saturated heterocycles. The molecule has 0 amide bonds. The largest absolute Gasteiger partial charge is 0.496 e. The maximum absolute atomic E-state index is 10.5. The smallest absolute Gasteiger partial charge is 0.127 e. The Morgan fingerprint density at radius 1 is 1.33 bits per heavy atom. The molecule has 2 N–H and O–H groups in total. The first kappa shape index (κ1) is 15.3. The second kappa shape index (κ2) is 6.41. The zero-order chi connectivity index (χ0) is 13.9. The third-order valence-electron chi connectivity index (χ3n) is 3.18. The highest BCUT2D eigenvalue weighted by Gasteiger charge is 2.26. The normalized spacial score (nSPS) is 14.7. The van der Waals surface area contributed by atoms with Crippen molar-refractivity contribution in [1.29, 1.82) is 0 Å². The van der Waals surface area contributed by atoms with Gasteiger partial charge in [0.25, 0.3) is 0 Å². The minimum Gasteiger partial charge on any atom is -0.496 e. The Morgan fingerprint density at radius 2 is 1.94 bits per heavy atom. The average molecular weight is 272 g/mol. The highest BCUT2D eigenvalue weighted by Crippen LogP contribution is 2.34. The maximum atomic E-state index is 10.5. The van der Waals surface area contributed by atoms with E-state index in [0.29, 0.717) is 16.7 Å². The lowest BCUT2D eigenvalue weighted by molar-refractivity contribution is 0.107. The van der Waals surface area contributed by atoms with E-state index in [-0.39, 0.29) is 6.04 Å². The summed E-state index contributed by atoms with van der Waals surface area (Å²) in [4.78, 5) is 0. The van der Waals surface area contributed by atoms with Crippen molar-refractivity contribution in [1.82, 2.24) is 5.32 Å². The number of aliphatic hydroxyl groups is 1. The Balaban J connectivity index is 3.22. The zero-order valence-electron chi connectivity index (χ0n) is 11.6. The summed E-state index contributed by atoms with van der Waals surface area (Å²) >= 11 is 6.06. The fraction of sp³-hybridized carbons (Fsp3) is 0.571. The van der Waals surface area contributed by atoms with Crippen LogP contribution in [0.25, 0.3) is 0 Å². The Labute approximate surface area is 114 Å². The SMILES string of the molecule is CNC(C(C)C)C(O)c1cc(Cl)cc(C)c1OC. The molecular formula is C14H22ClNO2. The average Bonchev–Trinajstić information content (AvgIpc) is 2.28. The van der Waals surface area contributed by atoms with E-state index >= 15 is 0 Å². The summed E-state index contributed by atoms with van der Waals surface area (Å²) < 4.78 is 5.38. The fourth-order valence-corrected chi connectivity index (χ4v) is 2.58. The van der Waals surface area contributed by atoms with Crippen LogP contribution < -0.4 is 10.1 Å². The van der Waals surface area contributed by atoms with Gasteiger partial charge in [-0.25, -0.2) is 0 Å². The van der Waals surface area contributed by atoms with Crippen molar-refractivity contribution in [2.24, 2.45) is 5.92 Å². The third kappa shape index (κ3) is 3.16. The molecule has 0 heterocycles. The Morgan fingerprint density at radius 3 is 2.39 bits per heavy atom. The van der Waals surface area contributed by atoms with E-state index in [2.05, 4.69) is 19.2 Å². The summed E-state index contributed by atoms with van der Waals surface area (Å²) in [6.45, 7) is 6.05. The maximum Gasteiger partial charge on any atom is 0.127 e. The van der Waals surface area contributed by atoms with Gasteiger partial charge in [0.1, 0.15) is 5.75 Å². The quantitative estimate of drug-likeness (QED) is 0.865. The van der Waals surface area contributed by atoms with E-state index in [4.69, 9.17) is 16.3 Å². The van der Waals surface area contributed by atoms with Crippen molar-refractivity contribution in [2.45, 2.75) is 32.9 Å². The van der Waals surface area contributed by atoms with Gasteiger partial charge in [-0.2, -0.15) is 0 Å². The number of ether oxygens (including phenoxy) is 1. The van der Waals surface area contributed by atoms with Gasteiger partial charge in [-0.15, -0.1) is 0 Å². The van der Waals surface area contributed by atoms with Gasteiger partial charge in [0, 0.05) is 16.6 Å². The number of methoxy groups -OCH3 is 1. The molecule has 0 aliphatic heterocycles. The topological polar surface area (TPSA) is 41.5 Å². The van der Waals surface area contributed by atoms with Crippen LogP contribution in [0.1, 0.15) is 31.1 Å². The molecule has 2 atom stereocenters. The third-order valence-corrected chi connectivity index (χ3v) is 3.40. The molecule has 0 fully saturated rings. The second-order valence-corrected chi connectivity index (χ2v) is 5.28. The number of aliphatic hydroxyl groups excluding tert-OH is 1. The van der Waals surface area contributed by atoms with E-state index in [0.717, 1.165) is 11.1 Å². The number of likely N-dealkylation sites (N-methyl/N-ethyl adjacent to an activating group) is 1. The van der Waals surface area contributed by atoms with Crippen molar-refractivity contribution in [3.63, 3.8) is 0 Å². The fourth-order valence-electron chi connectivity index (χ4n) is 2.30. The lowest BCUT2D eigenvalue weighted by Crippen LogP contribution is -2.37. The molecule has 3 nitrogen and oxygen atoms in total. The number of hydrogen-bond acceptors (Lipinski definition) is 3. The molecule has 102 valence electrons. The molecule has 1 aromatic carbocycles. The number of hydrogen-bond donors (Lipinski definition) is 2. The lowest BCUT2D eigenvalue weighted by Gasteiger charge is -2.28. The highest BCUT2D eigenvalue weighted by molar-refractivity contribution is 6.30. The molecule has 1 rings (SSSR count). The van der Waals surface area contributed by atoms with Crippen LogP contribution >= 0.6 is 11.6 Å². The van der Waals surface area contributed by atoms with E-state index in [1.54, 1.807) is 13.2 Å². The van der Waals surface area contributed by atoms with Gasteiger partial charge < -0.3 is 15.2 Å². The van der Waals surface area contributed by atoms with Crippen molar-refractivity contribution < 1.29 is 9.84 Å². The molecule has 4 heteroatoms. The summed E-state index contributed by atoms with van der Waals surface area (Å²) in [7, 11) is 3.45. The van der Waals surface area contributed by atoms with Gasteiger partial charge in [0.05, 0.1) is 13.2 Å². The molecule has 0 aliphatic rings. The van der Waals surface area contributed by atoms with Gasteiger partial charge in [-0.1, -0.05) is 25.4 Å². The number of rotatable bonds is 5. The van der Waals surface area contributed by atoms with Crippen molar-refractivity contribution in [3.8, 4) is 5.75 Å². The van der Waals surface area contributed by atoms with Crippen LogP contribution in [0.4, 0.5) is 0 Å². The van der Waals surface area contributed by atoms with E-state index < -0.39 is 6.10 Å². The number of halogens is 1. The molecule has 0 aromatic heterocycles. The van der Waals surface area contributed by atoms with Crippen LogP contribution in [0.15, 0.2) is 12.1 Å². The van der Waals surface area contributed by atoms with Gasteiger partial charge in [-0.05, 0) is 37.6 Å². The summed E-state index contributed by atoms with van der Waals surface area (Å²) in [5, 5.41) is 14.3. The molecule has 0 radical (unpaired) electrons. The van der Waals surface area contributed by atoms with Crippen LogP contribution in [0.5, 0.6) is 5.75 Å². The summed E-state index contributed by atoms with van der Waals surface area (Å²) in [5.41, 5.74) is 1.66. The number of benzene rings is 1. The molecule has 0 saturated carbocycles. The molecule has 0 aliphatic carbocycles. The first-order valence-corrected chi connectivity index (χ1v) is 6.49. The first-order valence-electron chi connectivity index (χ1n) is 6.11. The molecule has 1 aromatic rings. The summed E-state index contributed by atoms with van der Waals surface area (Å²) in [6.07, 6.45) is -0.651. The van der Waals surface area contributed by atoms with Crippen LogP contribution in [-0.4, -0.2) is 25.3 Å². The summed E-state index contributed by atoms with van der Waals surface area (Å²) in [5.74, 6) is 1.00. The van der Waals surface area contributed by atoms with Crippen molar-refractivity contribution in [2.75, 3.05) is 14.2 Å². The standard InChI is InChI=1S/C14H22ClNO2/c1-8(2)12(16-4)13(17)11-7-10(15)6-9(3)14(11)18-5/h6-8,12-13,16-17H,1-5H3. The van der Waals surface area contributed by atoms with Crippen LogP contribution in [0, 0.1) is 12.8 Å².